The maximum absolute atomic E-state index is 13.6. The van der Waals surface area contributed by atoms with Crippen molar-refractivity contribution in [1.29, 1.82) is 0 Å². The molecule has 3 aliphatic rings. The van der Waals surface area contributed by atoms with Gasteiger partial charge in [-0.2, -0.15) is 13.2 Å². The Labute approximate surface area is 186 Å². The van der Waals surface area contributed by atoms with Crippen molar-refractivity contribution in [2.75, 3.05) is 6.54 Å². The van der Waals surface area contributed by atoms with E-state index in [4.69, 9.17) is 9.15 Å². The average Bonchev–Trinajstić information content (AvgIpc) is 3.14. The van der Waals surface area contributed by atoms with Crippen LogP contribution in [0.2, 0.25) is 0 Å². The molecule has 6 rings (SSSR count). The Kier molecular flexibility index (Phi) is 4.15. The Morgan fingerprint density at radius 1 is 1.18 bits per heavy atom. The molecular weight excluding hydrogens is 437 g/mol. The molecule has 3 aromatic heterocycles. The molecule has 2 saturated carbocycles. The van der Waals surface area contributed by atoms with Gasteiger partial charge in [0.15, 0.2) is 0 Å². The molecule has 4 atom stereocenters. The first-order chi connectivity index (χ1) is 15.8. The lowest BCUT2D eigenvalue weighted by molar-refractivity contribution is -0.137. The molecule has 1 spiro atoms. The Morgan fingerprint density at radius 2 is 2.03 bits per heavy atom. The Hall–Kier alpha value is -3.43. The zero-order valence-corrected chi connectivity index (χ0v) is 17.5. The highest BCUT2D eigenvalue weighted by molar-refractivity contribution is 5.99. The van der Waals surface area contributed by atoms with Gasteiger partial charge in [0, 0.05) is 30.4 Å². The highest BCUT2D eigenvalue weighted by Gasteiger charge is 2.76. The predicted octanol–water partition coefficient (Wildman–Crippen LogP) is 4.14. The van der Waals surface area contributed by atoms with E-state index < -0.39 is 11.7 Å². The van der Waals surface area contributed by atoms with E-state index in [1.807, 2.05) is 6.92 Å². The molecule has 1 amide bonds. The second-order valence-corrected chi connectivity index (χ2v) is 8.97. The van der Waals surface area contributed by atoms with Gasteiger partial charge in [0.1, 0.15) is 18.1 Å². The number of carbonyl (C=O) groups is 1. The zero-order valence-electron chi connectivity index (χ0n) is 17.5. The molecule has 4 unspecified atom stereocenters. The fourth-order valence-corrected chi connectivity index (χ4v) is 5.50. The second kappa shape index (κ2) is 6.79. The molecule has 3 fully saturated rings. The first-order valence-corrected chi connectivity index (χ1v) is 10.6. The number of alkyl halides is 3. The second-order valence-electron chi connectivity index (χ2n) is 8.97. The van der Waals surface area contributed by atoms with E-state index in [0.717, 1.165) is 30.7 Å². The fraction of sp³-hybridized carbons (Fsp3) is 0.391. The van der Waals surface area contributed by atoms with Gasteiger partial charge in [0.05, 0.1) is 23.4 Å². The smallest absolute Gasteiger partial charge is 0.417 e. The first-order valence-electron chi connectivity index (χ1n) is 10.6. The standard InChI is InChI=1S/C23H19F3N4O3/c1-12-4-5-27-18(17(12)20-28-6-7-32-20)21(31)30-11-14-8-22(14)9-15(19(22)30)33-16-3-2-13(10-29-16)23(24,25)26/h2-7,10,14-15,19H,8-9,11H2,1H3. The molecule has 0 aromatic carbocycles. The molecule has 0 N–H and O–H groups in total. The summed E-state index contributed by atoms with van der Waals surface area (Å²) in [6.07, 6.45) is 2.30. The molecule has 33 heavy (non-hydrogen) atoms. The lowest BCUT2D eigenvalue weighted by Crippen LogP contribution is -2.59. The Bertz CT molecular complexity index is 1230. The van der Waals surface area contributed by atoms with E-state index in [9.17, 15) is 18.0 Å². The monoisotopic (exact) mass is 456 g/mol. The first kappa shape index (κ1) is 20.2. The number of rotatable bonds is 4. The minimum atomic E-state index is -4.46. The number of carbonyl (C=O) groups excluding carboxylic acids is 1. The van der Waals surface area contributed by atoms with Gasteiger partial charge < -0.3 is 14.1 Å². The highest BCUT2D eigenvalue weighted by atomic mass is 19.4. The molecular formula is C23H19F3N4O3. The largest absolute Gasteiger partial charge is 0.472 e. The molecule has 3 aromatic rings. The Morgan fingerprint density at radius 3 is 2.73 bits per heavy atom. The third-order valence-corrected chi connectivity index (χ3v) is 7.16. The number of amides is 1. The topological polar surface area (TPSA) is 81.4 Å². The van der Waals surface area contributed by atoms with Gasteiger partial charge in [-0.1, -0.05) is 0 Å². The van der Waals surface area contributed by atoms with Gasteiger partial charge in [-0.25, -0.2) is 9.97 Å². The molecule has 4 heterocycles. The van der Waals surface area contributed by atoms with Crippen LogP contribution in [-0.4, -0.2) is 44.4 Å². The normalized spacial score (nSPS) is 27.5. The highest BCUT2D eigenvalue weighted by Crippen LogP contribution is 2.71. The maximum atomic E-state index is 13.6. The average molecular weight is 456 g/mol. The van der Waals surface area contributed by atoms with Crippen molar-refractivity contribution < 1.29 is 27.1 Å². The van der Waals surface area contributed by atoms with Crippen LogP contribution in [0.5, 0.6) is 5.88 Å². The number of ether oxygens (including phenoxy) is 1. The summed E-state index contributed by atoms with van der Waals surface area (Å²) in [5, 5.41) is 0. The van der Waals surface area contributed by atoms with Gasteiger partial charge in [-0.3, -0.25) is 9.78 Å². The summed E-state index contributed by atoms with van der Waals surface area (Å²) in [5.41, 5.74) is 0.851. The third kappa shape index (κ3) is 3.03. The number of oxazole rings is 1. The van der Waals surface area contributed by atoms with E-state index in [1.165, 1.54) is 18.5 Å². The summed E-state index contributed by atoms with van der Waals surface area (Å²) < 4.78 is 49.8. The van der Waals surface area contributed by atoms with Crippen molar-refractivity contribution in [3.8, 4) is 17.3 Å². The number of piperidine rings is 1. The summed E-state index contributed by atoms with van der Waals surface area (Å²) in [6.45, 7) is 2.47. The van der Waals surface area contributed by atoms with Crippen molar-refractivity contribution in [2.45, 2.75) is 38.1 Å². The van der Waals surface area contributed by atoms with Crippen LogP contribution in [0.25, 0.3) is 11.5 Å². The molecule has 1 aliphatic heterocycles. The van der Waals surface area contributed by atoms with Gasteiger partial charge in [0.2, 0.25) is 11.8 Å². The predicted molar refractivity (Wildman–Crippen MR) is 108 cm³/mol. The molecule has 2 aliphatic carbocycles. The number of hydrogen-bond acceptors (Lipinski definition) is 6. The van der Waals surface area contributed by atoms with Gasteiger partial charge in [-0.05, 0) is 43.4 Å². The molecule has 10 heteroatoms. The number of halogens is 3. The van der Waals surface area contributed by atoms with E-state index in [0.29, 0.717) is 23.9 Å². The number of aryl methyl sites for hydroxylation is 1. The number of aromatic nitrogens is 3. The molecule has 170 valence electrons. The minimum absolute atomic E-state index is 0.0269. The van der Waals surface area contributed by atoms with E-state index >= 15 is 0 Å². The van der Waals surface area contributed by atoms with Crippen molar-refractivity contribution in [3.05, 3.63) is 59.9 Å². The van der Waals surface area contributed by atoms with Crippen LogP contribution in [0, 0.1) is 18.3 Å². The van der Waals surface area contributed by atoms with Crippen molar-refractivity contribution in [2.24, 2.45) is 11.3 Å². The Balaban J connectivity index is 1.26. The molecule has 1 saturated heterocycles. The van der Waals surface area contributed by atoms with Crippen LogP contribution in [0.3, 0.4) is 0 Å². The number of likely N-dealkylation sites (tertiary alicyclic amines) is 1. The zero-order chi connectivity index (χ0) is 23.0. The summed E-state index contributed by atoms with van der Waals surface area (Å²) in [7, 11) is 0. The van der Waals surface area contributed by atoms with E-state index in [2.05, 4.69) is 15.0 Å². The van der Waals surface area contributed by atoms with Crippen LogP contribution in [0.4, 0.5) is 13.2 Å². The SMILES string of the molecule is Cc1ccnc(C(=O)N2CC3CC34CC(Oc3ccc(C(F)(F)F)cn3)C24)c1-c1ncco1. The summed E-state index contributed by atoms with van der Waals surface area (Å²) in [5.74, 6) is 0.630. The lowest BCUT2D eigenvalue weighted by Gasteiger charge is -2.46. The molecule has 0 bridgehead atoms. The summed E-state index contributed by atoms with van der Waals surface area (Å²) in [4.78, 5) is 27.8. The molecule has 0 radical (unpaired) electrons. The number of pyridine rings is 2. The quantitative estimate of drug-likeness (QED) is 0.587. The van der Waals surface area contributed by atoms with Crippen LogP contribution in [0.15, 0.2) is 47.5 Å². The molecule has 7 nitrogen and oxygen atoms in total. The minimum Gasteiger partial charge on any atom is -0.472 e. The van der Waals surface area contributed by atoms with Crippen LogP contribution < -0.4 is 4.74 Å². The van der Waals surface area contributed by atoms with E-state index in [-0.39, 0.29) is 35.0 Å². The third-order valence-electron chi connectivity index (χ3n) is 7.16. The van der Waals surface area contributed by atoms with Crippen molar-refractivity contribution in [3.63, 3.8) is 0 Å². The van der Waals surface area contributed by atoms with Crippen molar-refractivity contribution >= 4 is 5.91 Å². The van der Waals surface area contributed by atoms with Crippen LogP contribution in [0.1, 0.15) is 34.5 Å². The van der Waals surface area contributed by atoms with Gasteiger partial charge in [0.25, 0.3) is 5.91 Å². The number of hydrogen-bond donors (Lipinski definition) is 0. The lowest BCUT2D eigenvalue weighted by atomic mass is 9.73. The van der Waals surface area contributed by atoms with Gasteiger partial charge in [-0.15, -0.1) is 0 Å². The summed E-state index contributed by atoms with van der Waals surface area (Å²) >= 11 is 0. The van der Waals surface area contributed by atoms with Crippen LogP contribution >= 0.6 is 0 Å². The summed E-state index contributed by atoms with van der Waals surface area (Å²) in [6, 6.07) is 3.80. The van der Waals surface area contributed by atoms with Crippen molar-refractivity contribution in [1.82, 2.24) is 19.9 Å². The van der Waals surface area contributed by atoms with Gasteiger partial charge >= 0.3 is 6.18 Å². The van der Waals surface area contributed by atoms with Crippen LogP contribution in [-0.2, 0) is 6.18 Å². The van der Waals surface area contributed by atoms with E-state index in [1.54, 1.807) is 17.2 Å². The fourth-order valence-electron chi connectivity index (χ4n) is 5.50. The number of nitrogens with zero attached hydrogens (tertiary/aromatic N) is 4. The maximum Gasteiger partial charge on any atom is 0.417 e.